The SMILES string of the molecule is CNCCCc1c(-c2ccccc2C=O)cccc1-c1ncccc1N. The van der Waals surface area contributed by atoms with Crippen molar-refractivity contribution < 1.29 is 4.79 Å². The van der Waals surface area contributed by atoms with Gasteiger partial charge in [-0.15, -0.1) is 0 Å². The van der Waals surface area contributed by atoms with Crippen LogP contribution in [0.2, 0.25) is 0 Å². The summed E-state index contributed by atoms with van der Waals surface area (Å²) in [4.78, 5) is 16.0. The van der Waals surface area contributed by atoms with Gasteiger partial charge in [0.1, 0.15) is 0 Å². The summed E-state index contributed by atoms with van der Waals surface area (Å²) >= 11 is 0. The van der Waals surface area contributed by atoms with Gasteiger partial charge in [-0.1, -0.05) is 42.5 Å². The van der Waals surface area contributed by atoms with E-state index in [4.69, 9.17) is 5.73 Å². The van der Waals surface area contributed by atoms with E-state index >= 15 is 0 Å². The normalized spacial score (nSPS) is 10.7. The van der Waals surface area contributed by atoms with E-state index in [1.54, 1.807) is 6.20 Å². The van der Waals surface area contributed by atoms with Crippen LogP contribution in [0.25, 0.3) is 22.4 Å². The van der Waals surface area contributed by atoms with E-state index in [0.717, 1.165) is 48.1 Å². The van der Waals surface area contributed by atoms with E-state index < -0.39 is 0 Å². The maximum absolute atomic E-state index is 11.5. The summed E-state index contributed by atoms with van der Waals surface area (Å²) in [5.41, 5.74) is 12.5. The molecule has 0 spiro atoms. The first-order valence-corrected chi connectivity index (χ1v) is 8.78. The zero-order valence-electron chi connectivity index (χ0n) is 14.9. The van der Waals surface area contributed by atoms with Crippen LogP contribution in [0.3, 0.4) is 0 Å². The van der Waals surface area contributed by atoms with E-state index in [-0.39, 0.29) is 0 Å². The lowest BCUT2D eigenvalue weighted by Crippen LogP contribution is -2.09. The van der Waals surface area contributed by atoms with E-state index in [2.05, 4.69) is 22.4 Å². The maximum Gasteiger partial charge on any atom is 0.150 e. The molecule has 0 fully saturated rings. The number of rotatable bonds is 7. The van der Waals surface area contributed by atoms with E-state index in [0.29, 0.717) is 11.3 Å². The van der Waals surface area contributed by atoms with Crippen molar-refractivity contribution >= 4 is 12.0 Å². The molecule has 3 aromatic rings. The van der Waals surface area contributed by atoms with Crippen LogP contribution in [0, 0.1) is 0 Å². The Morgan fingerprint density at radius 3 is 2.54 bits per heavy atom. The van der Waals surface area contributed by atoms with Gasteiger partial charge in [-0.05, 0) is 55.3 Å². The Bertz CT molecular complexity index is 905. The van der Waals surface area contributed by atoms with Crippen LogP contribution in [0.15, 0.2) is 60.8 Å². The highest BCUT2D eigenvalue weighted by Crippen LogP contribution is 2.35. The number of carbonyl (C=O) groups is 1. The highest BCUT2D eigenvalue weighted by Gasteiger charge is 2.16. The zero-order valence-corrected chi connectivity index (χ0v) is 14.9. The lowest BCUT2D eigenvalue weighted by Gasteiger charge is -2.17. The predicted molar refractivity (Wildman–Crippen MR) is 107 cm³/mol. The second-order valence-electron chi connectivity index (χ2n) is 6.19. The number of hydrogen-bond acceptors (Lipinski definition) is 4. The van der Waals surface area contributed by atoms with Crippen LogP contribution in [-0.2, 0) is 6.42 Å². The van der Waals surface area contributed by atoms with E-state index in [9.17, 15) is 4.79 Å². The molecule has 0 radical (unpaired) electrons. The standard InChI is InChI=1S/C22H23N3O/c1-24-13-5-11-19-18(17-8-3-2-7-16(17)15-26)9-4-10-20(19)22-21(23)12-6-14-25-22/h2-4,6-10,12,14-15,24H,5,11,13,23H2,1H3. The summed E-state index contributed by atoms with van der Waals surface area (Å²) in [6.07, 6.45) is 4.52. The molecule has 0 saturated heterocycles. The predicted octanol–water partition coefficient (Wildman–Crippen LogP) is 3.96. The number of hydrogen-bond donors (Lipinski definition) is 2. The molecule has 1 aromatic heterocycles. The number of carbonyl (C=O) groups excluding carboxylic acids is 1. The minimum Gasteiger partial charge on any atom is -0.397 e. The Morgan fingerprint density at radius 2 is 1.77 bits per heavy atom. The number of anilines is 1. The van der Waals surface area contributed by atoms with Crippen molar-refractivity contribution in [3.8, 4) is 22.4 Å². The summed E-state index contributed by atoms with van der Waals surface area (Å²) < 4.78 is 0. The highest BCUT2D eigenvalue weighted by atomic mass is 16.1. The molecule has 4 heteroatoms. The fourth-order valence-corrected chi connectivity index (χ4v) is 3.26. The van der Waals surface area contributed by atoms with Crippen molar-refractivity contribution in [2.24, 2.45) is 0 Å². The Hall–Kier alpha value is -2.98. The molecule has 3 rings (SSSR count). The molecule has 0 unspecified atom stereocenters. The highest BCUT2D eigenvalue weighted by molar-refractivity contribution is 5.90. The van der Waals surface area contributed by atoms with Crippen molar-refractivity contribution in [3.05, 3.63) is 71.9 Å². The molecule has 1 heterocycles. The van der Waals surface area contributed by atoms with Gasteiger partial charge in [-0.25, -0.2) is 0 Å². The van der Waals surface area contributed by atoms with Crippen molar-refractivity contribution in [2.45, 2.75) is 12.8 Å². The van der Waals surface area contributed by atoms with Crippen LogP contribution in [0.5, 0.6) is 0 Å². The summed E-state index contributed by atoms with van der Waals surface area (Å²) in [5.74, 6) is 0. The number of aldehydes is 1. The van der Waals surface area contributed by atoms with Crippen molar-refractivity contribution in [2.75, 3.05) is 19.3 Å². The molecule has 0 aliphatic heterocycles. The number of aromatic nitrogens is 1. The molecule has 0 aliphatic carbocycles. The number of nitrogens with zero attached hydrogens (tertiary/aromatic N) is 1. The van der Waals surface area contributed by atoms with E-state index in [1.165, 1.54) is 5.56 Å². The molecule has 4 nitrogen and oxygen atoms in total. The van der Waals surface area contributed by atoms with Crippen LogP contribution < -0.4 is 11.1 Å². The average Bonchev–Trinajstić information content (AvgIpc) is 2.69. The van der Waals surface area contributed by atoms with Gasteiger partial charge in [0, 0.05) is 17.3 Å². The fourth-order valence-electron chi connectivity index (χ4n) is 3.26. The van der Waals surface area contributed by atoms with Gasteiger partial charge in [-0.3, -0.25) is 9.78 Å². The Morgan fingerprint density at radius 1 is 1.00 bits per heavy atom. The quantitative estimate of drug-likeness (QED) is 0.502. The van der Waals surface area contributed by atoms with Crippen LogP contribution in [0.4, 0.5) is 5.69 Å². The number of benzene rings is 2. The molecular formula is C22H23N3O. The average molecular weight is 345 g/mol. The third-order valence-electron chi connectivity index (χ3n) is 4.50. The van der Waals surface area contributed by atoms with Gasteiger partial charge in [0.2, 0.25) is 0 Å². The third kappa shape index (κ3) is 3.65. The fraction of sp³-hybridized carbons (Fsp3) is 0.182. The number of nitrogens with two attached hydrogens (primary N) is 1. The molecule has 0 saturated carbocycles. The van der Waals surface area contributed by atoms with Crippen molar-refractivity contribution in [1.29, 1.82) is 0 Å². The van der Waals surface area contributed by atoms with Gasteiger partial charge < -0.3 is 11.1 Å². The molecule has 3 N–H and O–H groups in total. The largest absolute Gasteiger partial charge is 0.397 e. The number of nitrogen functional groups attached to an aromatic ring is 1. The lowest BCUT2D eigenvalue weighted by atomic mass is 9.89. The molecule has 0 amide bonds. The Balaban J connectivity index is 2.20. The molecule has 0 bridgehead atoms. The molecule has 0 atom stereocenters. The first-order chi connectivity index (χ1) is 12.8. The minimum atomic E-state index is 0.656. The molecule has 2 aromatic carbocycles. The summed E-state index contributed by atoms with van der Waals surface area (Å²) in [5, 5.41) is 3.19. The maximum atomic E-state index is 11.5. The molecule has 0 aliphatic rings. The summed E-state index contributed by atoms with van der Waals surface area (Å²) in [7, 11) is 1.95. The van der Waals surface area contributed by atoms with Crippen LogP contribution in [-0.4, -0.2) is 24.9 Å². The Labute approximate surface area is 154 Å². The number of nitrogens with one attached hydrogen (secondary N) is 1. The first-order valence-electron chi connectivity index (χ1n) is 8.78. The molecule has 132 valence electrons. The van der Waals surface area contributed by atoms with Gasteiger partial charge in [0.15, 0.2) is 6.29 Å². The van der Waals surface area contributed by atoms with E-state index in [1.807, 2.05) is 49.5 Å². The van der Waals surface area contributed by atoms with Crippen LogP contribution in [0.1, 0.15) is 22.3 Å². The first kappa shape index (κ1) is 17.8. The van der Waals surface area contributed by atoms with Gasteiger partial charge in [0.05, 0.1) is 11.4 Å². The molecular weight excluding hydrogens is 322 g/mol. The summed E-state index contributed by atoms with van der Waals surface area (Å²) in [6, 6.07) is 17.5. The summed E-state index contributed by atoms with van der Waals surface area (Å²) in [6.45, 7) is 0.917. The van der Waals surface area contributed by atoms with Crippen molar-refractivity contribution in [1.82, 2.24) is 10.3 Å². The smallest absolute Gasteiger partial charge is 0.150 e. The third-order valence-corrected chi connectivity index (χ3v) is 4.50. The minimum absolute atomic E-state index is 0.656. The molecule has 26 heavy (non-hydrogen) atoms. The lowest BCUT2D eigenvalue weighted by molar-refractivity contribution is 0.112. The Kier molecular flexibility index (Phi) is 5.77. The topological polar surface area (TPSA) is 68.0 Å². The number of pyridine rings is 1. The van der Waals surface area contributed by atoms with Gasteiger partial charge in [0.25, 0.3) is 0 Å². The van der Waals surface area contributed by atoms with Crippen LogP contribution >= 0.6 is 0 Å². The van der Waals surface area contributed by atoms with Gasteiger partial charge >= 0.3 is 0 Å². The monoisotopic (exact) mass is 345 g/mol. The van der Waals surface area contributed by atoms with Gasteiger partial charge in [-0.2, -0.15) is 0 Å². The zero-order chi connectivity index (χ0) is 18.4. The second kappa shape index (κ2) is 8.41. The second-order valence-corrected chi connectivity index (χ2v) is 6.19. The van der Waals surface area contributed by atoms with Crippen molar-refractivity contribution in [3.63, 3.8) is 0 Å².